The third kappa shape index (κ3) is 2.85. The molecule has 1 aromatic heterocycles. The van der Waals surface area contributed by atoms with E-state index in [1.165, 1.54) is 4.88 Å². The highest BCUT2D eigenvalue weighted by atomic mass is 32.1. The number of amidine groups is 1. The van der Waals surface area contributed by atoms with Crippen molar-refractivity contribution in [2.75, 3.05) is 0 Å². The Hall–Kier alpha value is -1.81. The molecule has 0 bridgehead atoms. The van der Waals surface area contributed by atoms with Crippen LogP contribution in [0.2, 0.25) is 0 Å². The van der Waals surface area contributed by atoms with Crippen molar-refractivity contribution in [2.45, 2.75) is 13.5 Å². The van der Waals surface area contributed by atoms with E-state index >= 15 is 0 Å². The van der Waals surface area contributed by atoms with E-state index in [1.54, 1.807) is 11.3 Å². The maximum atomic E-state index is 7.40. The van der Waals surface area contributed by atoms with Crippen LogP contribution in [0.4, 0.5) is 0 Å². The molecule has 3 nitrogen and oxygen atoms in total. The molecule has 4 heteroatoms. The van der Waals surface area contributed by atoms with E-state index in [1.807, 2.05) is 42.6 Å². The van der Waals surface area contributed by atoms with Crippen molar-refractivity contribution in [1.82, 2.24) is 0 Å². The standard InChI is InChI=1S/C13H14N2OS/c1-9-7-10(4-5-12(9)13(14)15)16-8-11-3-2-6-17-11/h2-7H,8H2,1H3,(H3,14,15). The number of nitrogens with two attached hydrogens (primary N) is 1. The van der Waals surface area contributed by atoms with Crippen LogP contribution < -0.4 is 10.5 Å². The fourth-order valence-electron chi connectivity index (χ4n) is 1.58. The average Bonchev–Trinajstić information content (AvgIpc) is 2.78. The zero-order valence-electron chi connectivity index (χ0n) is 9.57. The lowest BCUT2D eigenvalue weighted by Gasteiger charge is -2.08. The lowest BCUT2D eigenvalue weighted by atomic mass is 10.1. The third-order valence-corrected chi connectivity index (χ3v) is 3.30. The van der Waals surface area contributed by atoms with Crippen LogP contribution in [-0.2, 0) is 6.61 Å². The summed E-state index contributed by atoms with van der Waals surface area (Å²) in [6.45, 7) is 2.51. The Morgan fingerprint density at radius 3 is 2.82 bits per heavy atom. The van der Waals surface area contributed by atoms with Gasteiger partial charge in [-0.3, -0.25) is 5.41 Å². The predicted molar refractivity (Wildman–Crippen MR) is 70.8 cm³/mol. The summed E-state index contributed by atoms with van der Waals surface area (Å²) in [7, 11) is 0. The summed E-state index contributed by atoms with van der Waals surface area (Å²) in [5.74, 6) is 0.896. The monoisotopic (exact) mass is 246 g/mol. The number of thiophene rings is 1. The molecule has 0 aliphatic heterocycles. The number of rotatable bonds is 4. The summed E-state index contributed by atoms with van der Waals surface area (Å²) in [6.07, 6.45) is 0. The summed E-state index contributed by atoms with van der Waals surface area (Å²) in [4.78, 5) is 1.19. The number of nitrogen functional groups attached to an aromatic ring is 1. The molecule has 2 aromatic rings. The summed E-state index contributed by atoms with van der Waals surface area (Å²) in [6, 6.07) is 9.62. The Morgan fingerprint density at radius 1 is 1.41 bits per heavy atom. The lowest BCUT2D eigenvalue weighted by molar-refractivity contribution is 0.309. The van der Waals surface area contributed by atoms with Crippen LogP contribution in [0.5, 0.6) is 5.75 Å². The van der Waals surface area contributed by atoms with Crippen LogP contribution in [-0.4, -0.2) is 5.84 Å². The Kier molecular flexibility index (Phi) is 3.44. The first kappa shape index (κ1) is 11.7. The van der Waals surface area contributed by atoms with E-state index in [0.29, 0.717) is 6.61 Å². The van der Waals surface area contributed by atoms with Gasteiger partial charge < -0.3 is 10.5 Å². The highest BCUT2D eigenvalue weighted by molar-refractivity contribution is 7.09. The van der Waals surface area contributed by atoms with Crippen LogP contribution in [0.25, 0.3) is 0 Å². The van der Waals surface area contributed by atoms with Crippen LogP contribution in [0, 0.1) is 12.3 Å². The molecular weight excluding hydrogens is 232 g/mol. The predicted octanol–water partition coefficient (Wildman–Crippen LogP) is 2.92. The van der Waals surface area contributed by atoms with Crippen molar-refractivity contribution >= 4 is 17.2 Å². The molecule has 0 radical (unpaired) electrons. The molecule has 17 heavy (non-hydrogen) atoms. The normalized spacial score (nSPS) is 10.2. The van der Waals surface area contributed by atoms with Gasteiger partial charge in [0.25, 0.3) is 0 Å². The number of hydrogen-bond donors (Lipinski definition) is 2. The third-order valence-electron chi connectivity index (χ3n) is 2.45. The van der Waals surface area contributed by atoms with Gasteiger partial charge in [-0.15, -0.1) is 11.3 Å². The second-order valence-electron chi connectivity index (χ2n) is 3.76. The molecule has 0 spiro atoms. The fraction of sp³-hybridized carbons (Fsp3) is 0.154. The maximum absolute atomic E-state index is 7.40. The van der Waals surface area contributed by atoms with Gasteiger partial charge in [0.2, 0.25) is 0 Å². The molecule has 1 aromatic carbocycles. The number of aryl methyl sites for hydroxylation is 1. The van der Waals surface area contributed by atoms with E-state index in [0.717, 1.165) is 16.9 Å². The molecule has 0 atom stereocenters. The largest absolute Gasteiger partial charge is 0.488 e. The topological polar surface area (TPSA) is 59.1 Å². The Morgan fingerprint density at radius 2 is 2.24 bits per heavy atom. The SMILES string of the molecule is Cc1cc(OCc2cccs2)ccc1C(=N)N. The van der Waals surface area contributed by atoms with Gasteiger partial charge in [-0.1, -0.05) is 6.07 Å². The molecule has 0 amide bonds. The summed E-state index contributed by atoms with van der Waals surface area (Å²) in [5, 5.41) is 9.43. The number of nitrogens with one attached hydrogen (secondary N) is 1. The molecule has 1 heterocycles. The number of ether oxygens (including phenoxy) is 1. The van der Waals surface area contributed by atoms with Crippen molar-refractivity contribution in [2.24, 2.45) is 5.73 Å². The molecule has 0 aliphatic rings. The quantitative estimate of drug-likeness (QED) is 0.643. The van der Waals surface area contributed by atoms with Gasteiger partial charge in [0, 0.05) is 10.4 Å². The molecule has 0 aliphatic carbocycles. The number of benzene rings is 1. The van der Waals surface area contributed by atoms with Crippen molar-refractivity contribution < 1.29 is 4.74 Å². The van der Waals surface area contributed by atoms with Crippen molar-refractivity contribution in [3.63, 3.8) is 0 Å². The van der Waals surface area contributed by atoms with Crippen LogP contribution in [0.3, 0.4) is 0 Å². The van der Waals surface area contributed by atoms with Gasteiger partial charge in [0.1, 0.15) is 18.2 Å². The first-order valence-corrected chi connectivity index (χ1v) is 6.15. The average molecular weight is 246 g/mol. The Labute approximate surface area is 104 Å². The van der Waals surface area contributed by atoms with E-state index in [2.05, 4.69) is 0 Å². The minimum atomic E-state index is 0.0901. The highest BCUT2D eigenvalue weighted by Gasteiger charge is 2.03. The minimum absolute atomic E-state index is 0.0901. The Balaban J connectivity index is 2.07. The molecule has 88 valence electrons. The minimum Gasteiger partial charge on any atom is -0.488 e. The van der Waals surface area contributed by atoms with Crippen LogP contribution in [0.15, 0.2) is 35.7 Å². The van der Waals surface area contributed by atoms with E-state index < -0.39 is 0 Å². The lowest BCUT2D eigenvalue weighted by Crippen LogP contribution is -2.12. The van der Waals surface area contributed by atoms with Crippen molar-refractivity contribution in [1.29, 1.82) is 5.41 Å². The van der Waals surface area contributed by atoms with Gasteiger partial charge >= 0.3 is 0 Å². The number of hydrogen-bond acceptors (Lipinski definition) is 3. The van der Waals surface area contributed by atoms with Gasteiger partial charge in [-0.25, -0.2) is 0 Å². The second-order valence-corrected chi connectivity index (χ2v) is 4.79. The van der Waals surface area contributed by atoms with E-state index in [-0.39, 0.29) is 5.84 Å². The van der Waals surface area contributed by atoms with Gasteiger partial charge in [0.15, 0.2) is 0 Å². The van der Waals surface area contributed by atoms with E-state index in [4.69, 9.17) is 15.9 Å². The summed E-state index contributed by atoms with van der Waals surface area (Å²) >= 11 is 1.68. The van der Waals surface area contributed by atoms with Gasteiger partial charge in [-0.05, 0) is 42.1 Å². The molecule has 3 N–H and O–H groups in total. The first-order valence-electron chi connectivity index (χ1n) is 5.27. The van der Waals surface area contributed by atoms with E-state index in [9.17, 15) is 0 Å². The molecule has 2 rings (SSSR count). The van der Waals surface area contributed by atoms with Crippen molar-refractivity contribution in [3.05, 3.63) is 51.7 Å². The summed E-state index contributed by atoms with van der Waals surface area (Å²) < 4.78 is 5.67. The van der Waals surface area contributed by atoms with Crippen LogP contribution in [0.1, 0.15) is 16.0 Å². The van der Waals surface area contributed by atoms with Gasteiger partial charge in [0.05, 0.1) is 0 Å². The molecule has 0 unspecified atom stereocenters. The van der Waals surface area contributed by atoms with Crippen molar-refractivity contribution in [3.8, 4) is 5.75 Å². The smallest absolute Gasteiger partial charge is 0.123 e. The zero-order valence-corrected chi connectivity index (χ0v) is 10.4. The maximum Gasteiger partial charge on any atom is 0.123 e. The zero-order chi connectivity index (χ0) is 12.3. The molecular formula is C13H14N2OS. The summed E-state index contributed by atoms with van der Waals surface area (Å²) in [5.41, 5.74) is 7.18. The molecule has 0 saturated heterocycles. The first-order chi connectivity index (χ1) is 8.16. The fourth-order valence-corrected chi connectivity index (χ4v) is 2.19. The molecule has 0 fully saturated rings. The van der Waals surface area contributed by atoms with Crippen LogP contribution >= 0.6 is 11.3 Å². The highest BCUT2D eigenvalue weighted by Crippen LogP contribution is 2.19. The second kappa shape index (κ2) is 5.01. The van der Waals surface area contributed by atoms with Gasteiger partial charge in [-0.2, -0.15) is 0 Å². The Bertz CT molecular complexity index is 520. The molecule has 0 saturated carbocycles.